The van der Waals surface area contributed by atoms with Gasteiger partial charge in [0.15, 0.2) is 0 Å². The van der Waals surface area contributed by atoms with Gasteiger partial charge in [0, 0.05) is 5.41 Å². The van der Waals surface area contributed by atoms with Gasteiger partial charge in [-0.3, -0.25) is 0 Å². The first-order chi connectivity index (χ1) is 15.2. The molecule has 0 N–H and O–H groups in total. The van der Waals surface area contributed by atoms with Crippen LogP contribution >= 0.6 is 0 Å². The van der Waals surface area contributed by atoms with Crippen molar-refractivity contribution >= 4 is 0 Å². The van der Waals surface area contributed by atoms with Crippen molar-refractivity contribution in [3.05, 3.63) is 36.0 Å². The zero-order valence-electron chi connectivity index (χ0n) is 18.9. The Kier molecular flexibility index (Phi) is 3.20. The third kappa shape index (κ3) is 2.11. The molecule has 2 spiro atoms. The number of hydrogen-bond acceptors (Lipinski definition) is 1. The Morgan fingerprint density at radius 3 is 2.48 bits per heavy atom. The third-order valence-electron chi connectivity index (χ3n) is 12.8. The van der Waals surface area contributed by atoms with Gasteiger partial charge in [0.25, 0.3) is 0 Å². The summed E-state index contributed by atoms with van der Waals surface area (Å²) in [4.78, 5) is 0. The van der Waals surface area contributed by atoms with Crippen LogP contribution in [-0.2, 0) is 4.74 Å². The predicted molar refractivity (Wildman–Crippen MR) is 122 cm³/mol. The molecule has 4 bridgehead atoms. The van der Waals surface area contributed by atoms with Gasteiger partial charge in [-0.05, 0) is 123 Å². The zero-order chi connectivity index (χ0) is 19.9. The van der Waals surface area contributed by atoms with Crippen molar-refractivity contribution in [1.82, 2.24) is 0 Å². The van der Waals surface area contributed by atoms with E-state index in [1.165, 1.54) is 70.6 Å². The average Bonchev–Trinajstić information content (AvgIpc) is 3.19. The average molecular weight is 415 g/mol. The fraction of sp³-hybridized carbons (Fsp3) is 0.800. The normalized spacial score (nSPS) is 63.7. The molecule has 11 aliphatic rings. The van der Waals surface area contributed by atoms with Gasteiger partial charge < -0.3 is 4.74 Å². The maximum absolute atomic E-state index is 6.38. The molecular formula is C30H38O. The van der Waals surface area contributed by atoms with Crippen LogP contribution in [0, 0.1) is 64.1 Å². The van der Waals surface area contributed by atoms with Gasteiger partial charge in [-0.2, -0.15) is 0 Å². The monoisotopic (exact) mass is 414 g/mol. The van der Waals surface area contributed by atoms with E-state index in [9.17, 15) is 0 Å². The molecule has 1 aliphatic heterocycles. The van der Waals surface area contributed by atoms with Crippen molar-refractivity contribution in [3.63, 3.8) is 0 Å². The Labute approximate surface area is 187 Å². The number of allylic oxidation sites excluding steroid dienone is 6. The van der Waals surface area contributed by atoms with Crippen molar-refractivity contribution in [2.45, 2.75) is 82.8 Å². The molecule has 1 saturated heterocycles. The SMILES string of the molecule is C1=CC2C(C1)CC(C1CC3C4C=CCC4CC4OC4C34CC1C4)=CC13CC(CCC21)C3. The third-order valence-corrected chi connectivity index (χ3v) is 12.8. The first-order valence-electron chi connectivity index (χ1n) is 13.9. The minimum atomic E-state index is 0.579. The van der Waals surface area contributed by atoms with Crippen LogP contribution in [0.25, 0.3) is 0 Å². The lowest BCUT2D eigenvalue weighted by atomic mass is 9.42. The molecular weight excluding hydrogens is 376 g/mol. The van der Waals surface area contributed by atoms with E-state index in [4.69, 9.17) is 4.74 Å². The first-order valence-corrected chi connectivity index (χ1v) is 13.9. The molecule has 11 rings (SSSR count). The summed E-state index contributed by atoms with van der Waals surface area (Å²) in [6.07, 6.45) is 30.8. The topological polar surface area (TPSA) is 12.5 Å². The van der Waals surface area contributed by atoms with E-state index >= 15 is 0 Å². The van der Waals surface area contributed by atoms with E-state index in [1.54, 1.807) is 0 Å². The van der Waals surface area contributed by atoms with E-state index in [2.05, 4.69) is 30.4 Å². The summed E-state index contributed by atoms with van der Waals surface area (Å²) in [5, 5.41) is 0. The highest BCUT2D eigenvalue weighted by Gasteiger charge is 2.70. The molecule has 0 aromatic rings. The molecule has 8 fully saturated rings. The van der Waals surface area contributed by atoms with Crippen LogP contribution in [0.4, 0.5) is 0 Å². The number of ether oxygens (including phenoxy) is 1. The van der Waals surface area contributed by atoms with Crippen molar-refractivity contribution in [1.29, 1.82) is 0 Å². The lowest BCUT2D eigenvalue weighted by molar-refractivity contribution is -0.126. The maximum Gasteiger partial charge on any atom is 0.0901 e. The van der Waals surface area contributed by atoms with Gasteiger partial charge in [0.05, 0.1) is 12.2 Å². The van der Waals surface area contributed by atoms with Crippen molar-refractivity contribution in [3.8, 4) is 0 Å². The second kappa shape index (κ2) is 5.63. The van der Waals surface area contributed by atoms with Crippen LogP contribution in [0.2, 0.25) is 0 Å². The van der Waals surface area contributed by atoms with Gasteiger partial charge in [-0.15, -0.1) is 0 Å². The lowest BCUT2D eigenvalue weighted by Crippen LogP contribution is -2.57. The standard InChI is InChI=1S/C30H38O/c1-3-18-9-20(14-29-12-17(13-29)7-8-25(29)22(18)5-1)24-11-26-23-6-2-4-19(23)10-27-28(31-27)30(26)15-21(24)16-30/h1-2,5-6,14,17-19,21-28H,3-4,7-13,15-16H2. The fourth-order valence-electron chi connectivity index (χ4n) is 11.6. The Morgan fingerprint density at radius 2 is 1.61 bits per heavy atom. The Bertz CT molecular complexity index is 911. The quantitative estimate of drug-likeness (QED) is 0.343. The highest BCUT2D eigenvalue weighted by molar-refractivity contribution is 5.31. The fourth-order valence-corrected chi connectivity index (χ4v) is 11.6. The molecule has 9 atom stereocenters. The smallest absolute Gasteiger partial charge is 0.0901 e. The molecule has 1 nitrogen and oxygen atoms in total. The van der Waals surface area contributed by atoms with E-state index in [1.807, 2.05) is 5.57 Å². The highest BCUT2D eigenvalue weighted by atomic mass is 16.6. The summed E-state index contributed by atoms with van der Waals surface area (Å²) in [6.45, 7) is 0. The Morgan fingerprint density at radius 1 is 0.806 bits per heavy atom. The van der Waals surface area contributed by atoms with Crippen LogP contribution in [0.5, 0.6) is 0 Å². The van der Waals surface area contributed by atoms with Crippen molar-refractivity contribution < 1.29 is 4.74 Å². The second-order valence-corrected chi connectivity index (χ2v) is 13.8. The van der Waals surface area contributed by atoms with Crippen LogP contribution in [0.15, 0.2) is 36.0 Å². The minimum absolute atomic E-state index is 0.579. The van der Waals surface area contributed by atoms with Crippen LogP contribution in [0.1, 0.15) is 70.6 Å². The molecule has 0 aromatic carbocycles. The van der Waals surface area contributed by atoms with E-state index in [-0.39, 0.29) is 0 Å². The first kappa shape index (κ1) is 17.6. The van der Waals surface area contributed by atoms with Gasteiger partial charge >= 0.3 is 0 Å². The summed E-state index contributed by atoms with van der Waals surface area (Å²) < 4.78 is 6.38. The molecule has 0 radical (unpaired) electrons. The van der Waals surface area contributed by atoms with E-state index in [0.717, 1.165) is 53.3 Å². The van der Waals surface area contributed by atoms with Gasteiger partial charge in [-0.25, -0.2) is 0 Å². The predicted octanol–water partition coefficient (Wildman–Crippen LogP) is 6.71. The summed E-state index contributed by atoms with van der Waals surface area (Å²) in [5.41, 5.74) is 3.15. The number of hydrogen-bond donors (Lipinski definition) is 0. The van der Waals surface area contributed by atoms with Crippen LogP contribution < -0.4 is 0 Å². The van der Waals surface area contributed by atoms with Crippen LogP contribution in [-0.4, -0.2) is 12.2 Å². The van der Waals surface area contributed by atoms with Gasteiger partial charge in [0.2, 0.25) is 0 Å². The van der Waals surface area contributed by atoms with Crippen LogP contribution in [0.3, 0.4) is 0 Å². The summed E-state index contributed by atoms with van der Waals surface area (Å²) in [7, 11) is 0. The van der Waals surface area contributed by atoms with Crippen molar-refractivity contribution in [2.75, 3.05) is 0 Å². The molecule has 164 valence electrons. The maximum atomic E-state index is 6.38. The van der Waals surface area contributed by atoms with E-state index in [0.29, 0.717) is 23.0 Å². The minimum Gasteiger partial charge on any atom is -0.369 e. The molecule has 1 heterocycles. The highest BCUT2D eigenvalue weighted by Crippen LogP contribution is 2.73. The molecule has 0 amide bonds. The molecule has 9 unspecified atom stereocenters. The molecule has 10 aliphatic carbocycles. The van der Waals surface area contributed by atoms with Gasteiger partial charge in [0.1, 0.15) is 0 Å². The summed E-state index contributed by atoms with van der Waals surface area (Å²) in [5.74, 6) is 8.46. The molecule has 0 aromatic heterocycles. The summed E-state index contributed by atoms with van der Waals surface area (Å²) >= 11 is 0. The Balaban J connectivity index is 1.10. The van der Waals surface area contributed by atoms with Crippen molar-refractivity contribution in [2.24, 2.45) is 64.1 Å². The summed E-state index contributed by atoms with van der Waals surface area (Å²) in [6, 6.07) is 0. The van der Waals surface area contributed by atoms with Gasteiger partial charge in [-0.1, -0.05) is 42.4 Å². The number of fused-ring (bicyclic) bond motifs is 5. The molecule has 7 saturated carbocycles. The molecule has 31 heavy (non-hydrogen) atoms. The number of epoxide rings is 1. The molecule has 1 heteroatoms. The largest absolute Gasteiger partial charge is 0.369 e. The second-order valence-electron chi connectivity index (χ2n) is 13.8. The Hall–Kier alpha value is -0.820. The zero-order valence-corrected chi connectivity index (χ0v) is 18.9. The van der Waals surface area contributed by atoms with E-state index < -0.39 is 0 Å². The lowest BCUT2D eigenvalue weighted by Gasteiger charge is -2.62. The number of rotatable bonds is 1.